The highest BCUT2D eigenvalue weighted by Crippen LogP contribution is 2.03. The zero-order chi connectivity index (χ0) is 15.1. The van der Waals surface area contributed by atoms with E-state index in [0.717, 1.165) is 13.0 Å². The van der Waals surface area contributed by atoms with Crippen molar-refractivity contribution >= 4 is 11.7 Å². The molecule has 0 spiro atoms. The molecule has 1 amide bonds. The number of aromatic nitrogens is 2. The maximum atomic E-state index is 11.7. The standard InChI is InChI=1S/C16H20N4O/c1-12(2)20-16(21)14-10-19-15(11-18-14)17-9-8-13-6-4-3-5-7-13/h3-7,10-12H,8-9H2,1-2H3,(H,17,19)(H,20,21). The van der Waals surface area contributed by atoms with Gasteiger partial charge in [-0.05, 0) is 25.8 Å². The molecule has 1 aromatic heterocycles. The fourth-order valence-corrected chi connectivity index (χ4v) is 1.85. The number of carbonyl (C=O) groups excluding carboxylic acids is 1. The SMILES string of the molecule is CC(C)NC(=O)c1cnc(NCCc2ccccc2)cn1. The Morgan fingerprint density at radius 2 is 1.90 bits per heavy atom. The van der Waals surface area contributed by atoms with Crippen LogP contribution in [0.2, 0.25) is 0 Å². The number of nitrogens with one attached hydrogen (secondary N) is 2. The fraction of sp³-hybridized carbons (Fsp3) is 0.312. The number of amides is 1. The fourth-order valence-electron chi connectivity index (χ4n) is 1.85. The first-order valence-corrected chi connectivity index (χ1v) is 7.06. The number of hydrogen-bond donors (Lipinski definition) is 2. The second-order valence-electron chi connectivity index (χ2n) is 5.08. The Morgan fingerprint density at radius 1 is 1.14 bits per heavy atom. The molecule has 5 nitrogen and oxygen atoms in total. The summed E-state index contributed by atoms with van der Waals surface area (Å²) in [4.78, 5) is 20.1. The van der Waals surface area contributed by atoms with Gasteiger partial charge in [-0.15, -0.1) is 0 Å². The van der Waals surface area contributed by atoms with Gasteiger partial charge in [-0.3, -0.25) is 4.79 Å². The van der Waals surface area contributed by atoms with Crippen molar-refractivity contribution in [3.8, 4) is 0 Å². The van der Waals surface area contributed by atoms with Crippen molar-refractivity contribution in [2.24, 2.45) is 0 Å². The number of nitrogens with zero attached hydrogens (tertiary/aromatic N) is 2. The predicted octanol–water partition coefficient (Wildman–Crippen LogP) is 2.27. The van der Waals surface area contributed by atoms with E-state index in [1.165, 1.54) is 11.8 Å². The van der Waals surface area contributed by atoms with Gasteiger partial charge in [-0.2, -0.15) is 0 Å². The van der Waals surface area contributed by atoms with Crippen LogP contribution in [-0.4, -0.2) is 28.5 Å². The van der Waals surface area contributed by atoms with Gasteiger partial charge >= 0.3 is 0 Å². The second-order valence-corrected chi connectivity index (χ2v) is 5.08. The Balaban J connectivity index is 1.84. The van der Waals surface area contributed by atoms with Crippen molar-refractivity contribution in [1.29, 1.82) is 0 Å². The molecule has 21 heavy (non-hydrogen) atoms. The summed E-state index contributed by atoms with van der Waals surface area (Å²) in [5, 5.41) is 5.98. The van der Waals surface area contributed by atoms with Crippen LogP contribution in [0, 0.1) is 0 Å². The lowest BCUT2D eigenvalue weighted by atomic mass is 10.1. The minimum atomic E-state index is -0.201. The summed E-state index contributed by atoms with van der Waals surface area (Å²) in [6.45, 7) is 4.59. The molecule has 5 heteroatoms. The molecule has 0 bridgehead atoms. The van der Waals surface area contributed by atoms with E-state index in [1.807, 2.05) is 32.0 Å². The van der Waals surface area contributed by atoms with Gasteiger partial charge in [0, 0.05) is 12.6 Å². The van der Waals surface area contributed by atoms with E-state index in [1.54, 1.807) is 6.20 Å². The first-order valence-electron chi connectivity index (χ1n) is 7.06. The smallest absolute Gasteiger partial charge is 0.271 e. The first kappa shape index (κ1) is 15.0. The molecule has 0 aliphatic rings. The van der Waals surface area contributed by atoms with Crippen molar-refractivity contribution in [1.82, 2.24) is 15.3 Å². The van der Waals surface area contributed by atoms with Gasteiger partial charge in [0.2, 0.25) is 0 Å². The summed E-state index contributed by atoms with van der Waals surface area (Å²) in [5.41, 5.74) is 1.60. The highest BCUT2D eigenvalue weighted by Gasteiger charge is 2.08. The summed E-state index contributed by atoms with van der Waals surface area (Å²) in [6.07, 6.45) is 3.99. The maximum Gasteiger partial charge on any atom is 0.271 e. The monoisotopic (exact) mass is 284 g/mol. The lowest BCUT2D eigenvalue weighted by Crippen LogP contribution is -2.30. The quantitative estimate of drug-likeness (QED) is 0.854. The molecule has 0 saturated carbocycles. The highest BCUT2D eigenvalue weighted by molar-refractivity contribution is 5.92. The van der Waals surface area contributed by atoms with E-state index in [0.29, 0.717) is 11.5 Å². The Morgan fingerprint density at radius 3 is 2.52 bits per heavy atom. The van der Waals surface area contributed by atoms with Gasteiger partial charge in [-0.25, -0.2) is 9.97 Å². The number of benzene rings is 1. The summed E-state index contributed by atoms with van der Waals surface area (Å²) >= 11 is 0. The zero-order valence-electron chi connectivity index (χ0n) is 12.3. The van der Waals surface area contributed by atoms with Crippen LogP contribution in [0.25, 0.3) is 0 Å². The third-order valence-corrected chi connectivity index (χ3v) is 2.87. The Labute approximate surface area is 124 Å². The lowest BCUT2D eigenvalue weighted by molar-refractivity contribution is 0.0937. The minimum absolute atomic E-state index is 0.0861. The third kappa shape index (κ3) is 4.87. The van der Waals surface area contributed by atoms with Crippen LogP contribution < -0.4 is 10.6 Å². The van der Waals surface area contributed by atoms with E-state index in [9.17, 15) is 4.79 Å². The van der Waals surface area contributed by atoms with Crippen LogP contribution in [0.3, 0.4) is 0 Å². The average Bonchev–Trinajstić information content (AvgIpc) is 2.48. The van der Waals surface area contributed by atoms with E-state index in [-0.39, 0.29) is 11.9 Å². The number of carbonyl (C=O) groups is 1. The van der Waals surface area contributed by atoms with Crippen LogP contribution in [-0.2, 0) is 6.42 Å². The minimum Gasteiger partial charge on any atom is -0.368 e. The van der Waals surface area contributed by atoms with Crippen molar-refractivity contribution in [3.05, 3.63) is 54.0 Å². The molecule has 0 unspecified atom stereocenters. The molecule has 2 aromatic rings. The largest absolute Gasteiger partial charge is 0.368 e. The molecule has 110 valence electrons. The van der Waals surface area contributed by atoms with Crippen molar-refractivity contribution in [2.45, 2.75) is 26.3 Å². The van der Waals surface area contributed by atoms with Gasteiger partial charge in [0.25, 0.3) is 5.91 Å². The van der Waals surface area contributed by atoms with Crippen molar-refractivity contribution in [2.75, 3.05) is 11.9 Å². The molecular formula is C16H20N4O. The molecule has 0 saturated heterocycles. The molecule has 0 aliphatic heterocycles. The molecule has 0 aliphatic carbocycles. The zero-order valence-corrected chi connectivity index (χ0v) is 12.3. The van der Waals surface area contributed by atoms with E-state index < -0.39 is 0 Å². The molecule has 0 fully saturated rings. The molecule has 2 rings (SSSR count). The topological polar surface area (TPSA) is 66.9 Å². The summed E-state index contributed by atoms with van der Waals surface area (Å²) in [7, 11) is 0. The van der Waals surface area contributed by atoms with Crippen molar-refractivity contribution in [3.63, 3.8) is 0 Å². The predicted molar refractivity (Wildman–Crippen MR) is 83.3 cm³/mol. The van der Waals surface area contributed by atoms with Crippen LogP contribution in [0.5, 0.6) is 0 Å². The van der Waals surface area contributed by atoms with E-state index in [4.69, 9.17) is 0 Å². The maximum absolute atomic E-state index is 11.7. The normalized spacial score (nSPS) is 10.4. The number of hydrogen-bond acceptors (Lipinski definition) is 4. The first-order chi connectivity index (χ1) is 10.1. The molecule has 1 heterocycles. The third-order valence-electron chi connectivity index (χ3n) is 2.87. The highest BCUT2D eigenvalue weighted by atomic mass is 16.1. The number of rotatable bonds is 6. The summed E-state index contributed by atoms with van der Waals surface area (Å²) in [5.74, 6) is 0.473. The van der Waals surface area contributed by atoms with E-state index in [2.05, 4.69) is 32.7 Å². The summed E-state index contributed by atoms with van der Waals surface area (Å²) in [6, 6.07) is 10.3. The van der Waals surface area contributed by atoms with Crippen LogP contribution in [0.1, 0.15) is 29.9 Å². The van der Waals surface area contributed by atoms with Crippen molar-refractivity contribution < 1.29 is 4.79 Å². The second kappa shape index (κ2) is 7.38. The molecule has 1 aromatic carbocycles. The van der Waals surface area contributed by atoms with Crippen LogP contribution in [0.15, 0.2) is 42.7 Å². The van der Waals surface area contributed by atoms with Gasteiger partial charge < -0.3 is 10.6 Å². The van der Waals surface area contributed by atoms with Crippen LogP contribution >= 0.6 is 0 Å². The van der Waals surface area contributed by atoms with Gasteiger partial charge in [-0.1, -0.05) is 30.3 Å². The Bertz CT molecular complexity index is 567. The molecule has 0 atom stereocenters. The Kier molecular flexibility index (Phi) is 5.26. The number of anilines is 1. The van der Waals surface area contributed by atoms with E-state index >= 15 is 0 Å². The molecule has 2 N–H and O–H groups in total. The summed E-state index contributed by atoms with van der Waals surface area (Å²) < 4.78 is 0. The van der Waals surface area contributed by atoms with Gasteiger partial charge in [0.05, 0.1) is 12.4 Å². The lowest BCUT2D eigenvalue weighted by Gasteiger charge is -2.08. The van der Waals surface area contributed by atoms with Gasteiger partial charge in [0.1, 0.15) is 11.5 Å². The molecule has 0 radical (unpaired) electrons. The van der Waals surface area contributed by atoms with Gasteiger partial charge in [0.15, 0.2) is 0 Å². The average molecular weight is 284 g/mol. The Hall–Kier alpha value is -2.43. The molecular weight excluding hydrogens is 264 g/mol. The van der Waals surface area contributed by atoms with Crippen LogP contribution in [0.4, 0.5) is 5.82 Å².